The molecule has 0 amide bonds. The molecule has 1 aliphatic rings. The quantitative estimate of drug-likeness (QED) is 0.550. The van der Waals surface area contributed by atoms with Crippen LogP contribution in [-0.2, 0) is 25.8 Å². The number of hydrogen-bond acceptors (Lipinski definition) is 5. The molecule has 28 heavy (non-hydrogen) atoms. The number of sulfone groups is 1. The molecule has 0 saturated carbocycles. The molecule has 1 heterocycles. The van der Waals surface area contributed by atoms with Crippen LogP contribution in [0.15, 0.2) is 24.3 Å². The number of ketones is 1. The van der Waals surface area contributed by atoms with Crippen LogP contribution in [0.25, 0.3) is 0 Å². The highest BCUT2D eigenvalue weighted by molar-refractivity contribution is 7.91. The Balaban J connectivity index is 1.72. The SMILES string of the molecule is CC(C)S(=O)(=O)CCCCCC(=O)Cc1ccc(N2C[C@@H](C)O[C@@H](C)C2)cc1. The highest BCUT2D eigenvalue weighted by Crippen LogP contribution is 2.21. The molecule has 1 saturated heterocycles. The minimum absolute atomic E-state index is 0.216. The van der Waals surface area contributed by atoms with Crippen molar-refractivity contribution >= 4 is 21.3 Å². The number of hydrogen-bond donors (Lipinski definition) is 0. The topological polar surface area (TPSA) is 63.7 Å². The van der Waals surface area contributed by atoms with E-state index in [1.807, 2.05) is 12.1 Å². The second-order valence-electron chi connectivity index (χ2n) is 8.27. The highest BCUT2D eigenvalue weighted by Gasteiger charge is 2.22. The van der Waals surface area contributed by atoms with Gasteiger partial charge in [-0.2, -0.15) is 0 Å². The lowest BCUT2D eigenvalue weighted by atomic mass is 10.0. The Kier molecular flexibility index (Phi) is 8.50. The first kappa shape index (κ1) is 22.9. The summed E-state index contributed by atoms with van der Waals surface area (Å²) in [5.41, 5.74) is 2.20. The molecule has 6 heteroatoms. The van der Waals surface area contributed by atoms with Crippen LogP contribution in [0.4, 0.5) is 5.69 Å². The van der Waals surface area contributed by atoms with Crippen molar-refractivity contribution in [3.8, 4) is 0 Å². The van der Waals surface area contributed by atoms with Crippen LogP contribution < -0.4 is 4.90 Å². The number of benzene rings is 1. The summed E-state index contributed by atoms with van der Waals surface area (Å²) in [5.74, 6) is 0.437. The second kappa shape index (κ2) is 10.4. The molecule has 0 spiro atoms. The summed E-state index contributed by atoms with van der Waals surface area (Å²) in [5, 5.41) is -0.319. The van der Waals surface area contributed by atoms with Gasteiger partial charge in [-0.05, 0) is 58.2 Å². The maximum absolute atomic E-state index is 12.2. The second-order valence-corrected chi connectivity index (χ2v) is 10.9. The van der Waals surface area contributed by atoms with E-state index in [9.17, 15) is 13.2 Å². The van der Waals surface area contributed by atoms with E-state index >= 15 is 0 Å². The number of unbranched alkanes of at least 4 members (excludes halogenated alkanes) is 2. The third-order valence-electron chi connectivity index (χ3n) is 5.23. The van der Waals surface area contributed by atoms with Crippen molar-refractivity contribution in [3.63, 3.8) is 0 Å². The van der Waals surface area contributed by atoms with Crippen LogP contribution >= 0.6 is 0 Å². The fourth-order valence-corrected chi connectivity index (χ4v) is 4.65. The molecule has 0 bridgehead atoms. The molecule has 0 aromatic heterocycles. The van der Waals surface area contributed by atoms with Crippen molar-refractivity contribution in [1.82, 2.24) is 0 Å². The molecule has 0 N–H and O–H groups in total. The summed E-state index contributed by atoms with van der Waals surface area (Å²) in [6.45, 7) is 9.38. The minimum atomic E-state index is -2.96. The summed E-state index contributed by atoms with van der Waals surface area (Å²) in [4.78, 5) is 14.5. The van der Waals surface area contributed by atoms with Crippen molar-refractivity contribution in [2.45, 2.75) is 77.3 Å². The van der Waals surface area contributed by atoms with Gasteiger partial charge in [-0.3, -0.25) is 4.79 Å². The minimum Gasteiger partial charge on any atom is -0.372 e. The molecular formula is C22H35NO4S. The van der Waals surface area contributed by atoms with Gasteiger partial charge in [0, 0.05) is 31.6 Å². The summed E-state index contributed by atoms with van der Waals surface area (Å²) in [7, 11) is -2.96. The molecule has 1 aromatic carbocycles. The Hall–Kier alpha value is -1.40. The smallest absolute Gasteiger partial charge is 0.152 e. The van der Waals surface area contributed by atoms with Crippen molar-refractivity contribution in [2.75, 3.05) is 23.7 Å². The fourth-order valence-electron chi connectivity index (χ4n) is 3.57. The summed E-state index contributed by atoms with van der Waals surface area (Å²) in [6, 6.07) is 8.24. The first-order chi connectivity index (χ1) is 13.2. The van der Waals surface area contributed by atoms with Gasteiger partial charge in [-0.15, -0.1) is 0 Å². The van der Waals surface area contributed by atoms with E-state index in [1.165, 1.54) is 5.69 Å². The molecule has 0 radical (unpaired) electrons. The van der Waals surface area contributed by atoms with E-state index in [4.69, 9.17) is 4.74 Å². The standard InChI is InChI=1S/C22H35NO4S/c1-17(2)28(25,26)13-7-5-6-8-22(24)14-20-9-11-21(12-10-20)23-15-18(3)27-19(4)16-23/h9-12,17-19H,5-8,13-16H2,1-4H3/t18-,19+. The van der Waals surface area contributed by atoms with Crippen LogP contribution in [0.3, 0.4) is 0 Å². The first-order valence-corrected chi connectivity index (χ1v) is 12.1. The zero-order chi connectivity index (χ0) is 20.7. The van der Waals surface area contributed by atoms with E-state index in [1.54, 1.807) is 13.8 Å². The van der Waals surface area contributed by atoms with Crippen LogP contribution in [0.2, 0.25) is 0 Å². The lowest BCUT2D eigenvalue weighted by Gasteiger charge is -2.36. The van der Waals surface area contributed by atoms with Crippen LogP contribution in [-0.4, -0.2) is 50.5 Å². The van der Waals surface area contributed by atoms with Crippen molar-refractivity contribution in [3.05, 3.63) is 29.8 Å². The Bertz CT molecular complexity index is 717. The molecule has 1 fully saturated rings. The number of Topliss-reactive ketones (excluding diaryl/α,β-unsaturated/α-hetero) is 1. The van der Waals surface area contributed by atoms with Gasteiger partial charge in [0.1, 0.15) is 5.78 Å². The van der Waals surface area contributed by atoms with Gasteiger partial charge in [0.05, 0.1) is 23.2 Å². The molecular weight excluding hydrogens is 374 g/mol. The Morgan fingerprint density at radius 1 is 1.07 bits per heavy atom. The number of ether oxygens (including phenoxy) is 1. The summed E-state index contributed by atoms with van der Waals surface area (Å²) < 4.78 is 29.3. The Labute approximate surface area is 170 Å². The zero-order valence-corrected chi connectivity index (χ0v) is 18.5. The lowest BCUT2D eigenvalue weighted by Crippen LogP contribution is -2.45. The number of carbonyl (C=O) groups excluding carboxylic acids is 1. The van der Waals surface area contributed by atoms with Gasteiger partial charge in [0.25, 0.3) is 0 Å². The predicted molar refractivity (Wildman–Crippen MR) is 115 cm³/mol. The molecule has 0 unspecified atom stereocenters. The van der Waals surface area contributed by atoms with E-state index in [-0.39, 0.29) is 29.0 Å². The maximum Gasteiger partial charge on any atom is 0.152 e. The van der Waals surface area contributed by atoms with Gasteiger partial charge in [-0.25, -0.2) is 8.42 Å². The van der Waals surface area contributed by atoms with Gasteiger partial charge >= 0.3 is 0 Å². The molecule has 2 atom stereocenters. The number of morpholine rings is 1. The largest absolute Gasteiger partial charge is 0.372 e. The molecule has 158 valence electrons. The third kappa shape index (κ3) is 7.21. The normalized spacial score (nSPS) is 20.5. The number of nitrogens with zero attached hydrogens (tertiary/aromatic N) is 1. The van der Waals surface area contributed by atoms with Gasteiger partial charge in [0.2, 0.25) is 0 Å². The van der Waals surface area contributed by atoms with Gasteiger partial charge in [0.15, 0.2) is 9.84 Å². The first-order valence-electron chi connectivity index (χ1n) is 10.4. The average molecular weight is 410 g/mol. The molecule has 2 rings (SSSR count). The van der Waals surface area contributed by atoms with E-state index in [2.05, 4.69) is 30.9 Å². The van der Waals surface area contributed by atoms with Crippen molar-refractivity contribution < 1.29 is 17.9 Å². The number of anilines is 1. The Morgan fingerprint density at radius 3 is 2.25 bits per heavy atom. The third-order valence-corrected chi connectivity index (χ3v) is 7.52. The van der Waals surface area contributed by atoms with Crippen LogP contribution in [0.5, 0.6) is 0 Å². The number of rotatable bonds is 10. The molecule has 1 aliphatic heterocycles. The molecule has 1 aromatic rings. The fraction of sp³-hybridized carbons (Fsp3) is 0.682. The van der Waals surface area contributed by atoms with Gasteiger partial charge in [-0.1, -0.05) is 18.6 Å². The van der Waals surface area contributed by atoms with E-state index < -0.39 is 9.84 Å². The van der Waals surface area contributed by atoms with Gasteiger partial charge < -0.3 is 9.64 Å². The summed E-state index contributed by atoms with van der Waals surface area (Å²) >= 11 is 0. The van der Waals surface area contributed by atoms with E-state index in [0.29, 0.717) is 19.3 Å². The van der Waals surface area contributed by atoms with Crippen LogP contribution in [0, 0.1) is 0 Å². The molecule has 5 nitrogen and oxygen atoms in total. The monoisotopic (exact) mass is 409 g/mol. The highest BCUT2D eigenvalue weighted by atomic mass is 32.2. The lowest BCUT2D eigenvalue weighted by molar-refractivity contribution is -0.118. The predicted octanol–water partition coefficient (Wildman–Crippen LogP) is 3.80. The maximum atomic E-state index is 12.2. The van der Waals surface area contributed by atoms with E-state index in [0.717, 1.165) is 31.5 Å². The van der Waals surface area contributed by atoms with Crippen molar-refractivity contribution in [2.24, 2.45) is 0 Å². The van der Waals surface area contributed by atoms with Crippen LogP contribution in [0.1, 0.15) is 58.9 Å². The summed E-state index contributed by atoms with van der Waals surface area (Å²) in [6.07, 6.45) is 3.58. The Morgan fingerprint density at radius 2 is 1.68 bits per heavy atom. The van der Waals surface area contributed by atoms with Crippen molar-refractivity contribution in [1.29, 1.82) is 0 Å². The zero-order valence-electron chi connectivity index (χ0n) is 17.7. The average Bonchev–Trinajstić information content (AvgIpc) is 2.61. The molecule has 0 aliphatic carbocycles. The number of carbonyl (C=O) groups is 1.